The van der Waals surface area contributed by atoms with E-state index in [1.165, 1.54) is 0 Å². The van der Waals surface area contributed by atoms with Crippen LogP contribution >= 0.6 is 0 Å². The topological polar surface area (TPSA) is 130 Å². The summed E-state index contributed by atoms with van der Waals surface area (Å²) in [6.07, 6.45) is 1.19. The Morgan fingerprint density at radius 2 is 2.00 bits per heavy atom. The van der Waals surface area contributed by atoms with Gasteiger partial charge in [0, 0.05) is 0 Å². The third-order valence-corrected chi connectivity index (χ3v) is 2.12. The highest BCUT2D eigenvalue weighted by Crippen LogP contribution is 2.01. The van der Waals surface area contributed by atoms with Gasteiger partial charge in [0.1, 0.15) is 6.04 Å². The first kappa shape index (κ1) is 13.3. The van der Waals surface area contributed by atoms with Crippen LogP contribution in [0, 0.1) is 0 Å². The number of aliphatic carboxylic acids is 1. The van der Waals surface area contributed by atoms with E-state index >= 15 is 0 Å². The van der Waals surface area contributed by atoms with Crippen LogP contribution in [0.5, 0.6) is 0 Å². The van der Waals surface area contributed by atoms with E-state index in [-0.39, 0.29) is 6.42 Å². The smallest absolute Gasteiger partial charge is 0.334 e. The van der Waals surface area contributed by atoms with Crippen LogP contribution in [-0.4, -0.2) is 36.6 Å². The van der Waals surface area contributed by atoms with Crippen molar-refractivity contribution in [2.75, 3.05) is 6.54 Å². The summed E-state index contributed by atoms with van der Waals surface area (Å²) >= 11 is 0. The molecular formula is C6H14N2O5S. The molecule has 0 aromatic heterocycles. The van der Waals surface area contributed by atoms with Gasteiger partial charge in [0.15, 0.2) is 0 Å². The Kier molecular flexibility index (Phi) is 5.62. The number of hydrogen-bond donors (Lipinski definition) is 4. The van der Waals surface area contributed by atoms with Crippen molar-refractivity contribution in [1.29, 1.82) is 0 Å². The van der Waals surface area contributed by atoms with Crippen LogP contribution < -0.4 is 10.5 Å². The van der Waals surface area contributed by atoms with Gasteiger partial charge >= 0.3 is 16.3 Å². The second-order valence-corrected chi connectivity index (χ2v) is 3.95. The van der Waals surface area contributed by atoms with Gasteiger partial charge in [-0.25, -0.2) is 0 Å². The predicted molar refractivity (Wildman–Crippen MR) is 49.0 cm³/mol. The number of nitrogens with two attached hydrogens (primary N) is 1. The van der Waals surface area contributed by atoms with Crippen LogP contribution in [0.3, 0.4) is 0 Å². The highest BCUT2D eigenvalue weighted by Gasteiger charge is 2.21. The third kappa shape index (κ3) is 6.78. The zero-order chi connectivity index (χ0) is 11.2. The van der Waals surface area contributed by atoms with E-state index in [1.54, 1.807) is 4.72 Å². The number of carboxylic acids is 1. The van der Waals surface area contributed by atoms with Gasteiger partial charge in [-0.3, -0.25) is 9.35 Å². The molecule has 1 unspecified atom stereocenters. The molecular weight excluding hydrogens is 212 g/mol. The summed E-state index contributed by atoms with van der Waals surface area (Å²) in [7, 11) is -4.47. The largest absolute Gasteiger partial charge is 0.480 e. The summed E-state index contributed by atoms with van der Waals surface area (Å²) < 4.78 is 30.6. The van der Waals surface area contributed by atoms with Crippen molar-refractivity contribution in [2.24, 2.45) is 5.73 Å². The minimum atomic E-state index is -4.47. The van der Waals surface area contributed by atoms with Gasteiger partial charge in [-0.15, -0.1) is 0 Å². The van der Waals surface area contributed by atoms with Crippen molar-refractivity contribution >= 4 is 16.3 Å². The summed E-state index contributed by atoms with van der Waals surface area (Å²) in [6, 6.07) is -1.29. The molecule has 14 heavy (non-hydrogen) atoms. The number of rotatable bonds is 7. The number of carbonyl (C=O) groups is 1. The minimum Gasteiger partial charge on any atom is -0.480 e. The zero-order valence-electron chi connectivity index (χ0n) is 7.51. The second-order valence-electron chi connectivity index (χ2n) is 2.77. The van der Waals surface area contributed by atoms with Gasteiger partial charge in [-0.1, -0.05) is 6.42 Å². The van der Waals surface area contributed by atoms with Gasteiger partial charge in [0.25, 0.3) is 0 Å². The lowest BCUT2D eigenvalue weighted by atomic mass is 10.1. The summed E-state index contributed by atoms with van der Waals surface area (Å²) in [6.45, 7) is 0.415. The zero-order valence-corrected chi connectivity index (χ0v) is 8.33. The molecule has 0 saturated heterocycles. The first-order chi connectivity index (χ1) is 6.37. The van der Waals surface area contributed by atoms with Crippen molar-refractivity contribution in [3.05, 3.63) is 0 Å². The molecule has 0 aromatic rings. The summed E-state index contributed by atoms with van der Waals surface area (Å²) in [5.41, 5.74) is 5.18. The van der Waals surface area contributed by atoms with E-state index in [9.17, 15) is 13.2 Å². The number of hydrogen-bond acceptors (Lipinski definition) is 4. The Labute approximate surface area is 82.2 Å². The standard InChI is InChI=1S/C6H14N2O5S/c7-4-2-1-3-5(6(9)10)8-14(11,12)13/h5,8H,1-4,7H2,(H,9,10)(H,11,12,13). The fraction of sp³-hybridized carbons (Fsp3) is 0.833. The number of carboxylic acid groups (broad SMARTS) is 1. The molecule has 0 radical (unpaired) electrons. The van der Waals surface area contributed by atoms with E-state index in [2.05, 4.69) is 0 Å². The molecule has 7 nitrogen and oxygen atoms in total. The van der Waals surface area contributed by atoms with Crippen LogP contribution in [0.2, 0.25) is 0 Å². The molecule has 0 amide bonds. The highest BCUT2D eigenvalue weighted by atomic mass is 32.2. The molecule has 0 aliphatic rings. The molecule has 0 spiro atoms. The molecule has 0 bridgehead atoms. The Morgan fingerprint density at radius 3 is 2.36 bits per heavy atom. The van der Waals surface area contributed by atoms with Gasteiger partial charge in [0.2, 0.25) is 0 Å². The molecule has 5 N–H and O–H groups in total. The van der Waals surface area contributed by atoms with Crippen molar-refractivity contribution in [3.8, 4) is 0 Å². The van der Waals surface area contributed by atoms with Gasteiger partial charge in [-0.2, -0.15) is 13.1 Å². The molecule has 0 aliphatic carbocycles. The summed E-state index contributed by atoms with van der Waals surface area (Å²) in [5, 5.41) is 8.57. The van der Waals surface area contributed by atoms with Gasteiger partial charge in [-0.05, 0) is 19.4 Å². The van der Waals surface area contributed by atoms with Crippen LogP contribution in [0.15, 0.2) is 0 Å². The highest BCUT2D eigenvalue weighted by molar-refractivity contribution is 7.83. The van der Waals surface area contributed by atoms with Gasteiger partial charge < -0.3 is 10.8 Å². The maximum Gasteiger partial charge on any atom is 0.334 e. The monoisotopic (exact) mass is 226 g/mol. The Hall–Kier alpha value is -0.700. The molecule has 0 fully saturated rings. The summed E-state index contributed by atoms with van der Waals surface area (Å²) in [5.74, 6) is -1.32. The van der Waals surface area contributed by atoms with Crippen LogP contribution in [0.4, 0.5) is 0 Å². The van der Waals surface area contributed by atoms with Crippen molar-refractivity contribution in [2.45, 2.75) is 25.3 Å². The van der Waals surface area contributed by atoms with E-state index < -0.39 is 22.3 Å². The molecule has 8 heteroatoms. The maximum atomic E-state index is 10.5. The lowest BCUT2D eigenvalue weighted by Crippen LogP contribution is -2.40. The Balaban J connectivity index is 4.11. The molecule has 0 aliphatic heterocycles. The van der Waals surface area contributed by atoms with Crippen LogP contribution in [-0.2, 0) is 15.1 Å². The number of unbranched alkanes of at least 4 members (excludes halogenated alkanes) is 1. The van der Waals surface area contributed by atoms with Crippen LogP contribution in [0.25, 0.3) is 0 Å². The van der Waals surface area contributed by atoms with E-state index in [0.717, 1.165) is 0 Å². The first-order valence-electron chi connectivity index (χ1n) is 4.04. The molecule has 0 saturated carbocycles. The lowest BCUT2D eigenvalue weighted by Gasteiger charge is -2.10. The molecule has 0 heterocycles. The fourth-order valence-corrected chi connectivity index (χ4v) is 1.48. The van der Waals surface area contributed by atoms with E-state index in [0.29, 0.717) is 19.4 Å². The normalized spacial score (nSPS) is 13.9. The Bertz CT molecular complexity index is 276. The molecule has 1 atom stereocenters. The first-order valence-corrected chi connectivity index (χ1v) is 5.48. The third-order valence-electron chi connectivity index (χ3n) is 1.54. The second kappa shape index (κ2) is 5.91. The molecule has 0 rings (SSSR count). The maximum absolute atomic E-state index is 10.5. The summed E-state index contributed by atoms with van der Waals surface area (Å²) in [4.78, 5) is 10.5. The van der Waals surface area contributed by atoms with E-state index in [4.69, 9.17) is 15.4 Å². The quantitative estimate of drug-likeness (QED) is 0.324. The van der Waals surface area contributed by atoms with Crippen molar-refractivity contribution in [3.63, 3.8) is 0 Å². The lowest BCUT2D eigenvalue weighted by molar-refractivity contribution is -0.139. The SMILES string of the molecule is NCCCCC(NS(=O)(=O)O)C(=O)O. The average Bonchev–Trinajstić information content (AvgIpc) is 2.00. The van der Waals surface area contributed by atoms with Gasteiger partial charge in [0.05, 0.1) is 0 Å². The van der Waals surface area contributed by atoms with Crippen molar-refractivity contribution < 1.29 is 22.9 Å². The molecule has 0 aromatic carbocycles. The van der Waals surface area contributed by atoms with Crippen LogP contribution in [0.1, 0.15) is 19.3 Å². The average molecular weight is 226 g/mol. The predicted octanol–water partition coefficient (Wildman–Crippen LogP) is -1.04. The minimum absolute atomic E-state index is 0.103. The van der Waals surface area contributed by atoms with Crippen molar-refractivity contribution in [1.82, 2.24) is 4.72 Å². The fourth-order valence-electron chi connectivity index (χ4n) is 0.905. The Morgan fingerprint density at radius 1 is 1.43 bits per heavy atom. The van der Waals surface area contributed by atoms with E-state index in [1.807, 2.05) is 0 Å². The molecule has 84 valence electrons. The number of nitrogens with one attached hydrogen (secondary N) is 1.